The molecule has 5 rings (SSSR count). The summed E-state index contributed by atoms with van der Waals surface area (Å²) in [5.74, 6) is 1.00. The Kier molecular flexibility index (Phi) is 4.76. The fraction of sp³-hybridized carbons (Fsp3) is 0.0870. The summed E-state index contributed by atoms with van der Waals surface area (Å²) >= 11 is 1.39. The number of rotatable bonds is 5. The number of para-hydroxylation sites is 1. The van der Waals surface area contributed by atoms with E-state index in [9.17, 15) is 5.11 Å². The van der Waals surface area contributed by atoms with Crippen LogP contribution in [0.2, 0.25) is 0 Å². The Morgan fingerprint density at radius 3 is 2.84 bits per heavy atom. The standard InChI is InChI=1S/C23H19N5O2S/c1-30-16-8-6-14(7-9-16)19-13-31-23(27-19)21-20(29)12-28(22(21)24)26-11-15-10-25-18-5-3-2-4-17(15)18/h2-11,13,24-25,29H,12H2,1H3/b24-22?,26-11-. The number of aromatic amines is 1. The minimum Gasteiger partial charge on any atom is -0.509 e. The van der Waals surface area contributed by atoms with Crippen molar-refractivity contribution in [3.8, 4) is 17.0 Å². The van der Waals surface area contributed by atoms with Gasteiger partial charge in [0.25, 0.3) is 0 Å². The molecule has 3 N–H and O–H groups in total. The molecule has 1 aliphatic rings. The van der Waals surface area contributed by atoms with Gasteiger partial charge in [-0.05, 0) is 30.3 Å². The highest BCUT2D eigenvalue weighted by atomic mass is 32.1. The summed E-state index contributed by atoms with van der Waals surface area (Å²) in [7, 11) is 1.63. The van der Waals surface area contributed by atoms with E-state index in [1.54, 1.807) is 13.3 Å². The lowest BCUT2D eigenvalue weighted by atomic mass is 10.1. The maximum Gasteiger partial charge on any atom is 0.155 e. The molecule has 0 bridgehead atoms. The normalized spacial score (nSPS) is 14.4. The highest BCUT2D eigenvalue weighted by molar-refractivity contribution is 7.11. The predicted molar refractivity (Wildman–Crippen MR) is 124 cm³/mol. The third kappa shape index (κ3) is 3.47. The van der Waals surface area contributed by atoms with Crippen LogP contribution in [0.4, 0.5) is 0 Å². The molecule has 4 aromatic rings. The molecule has 0 aliphatic carbocycles. The van der Waals surface area contributed by atoms with Crippen molar-refractivity contribution in [1.82, 2.24) is 15.0 Å². The topological polar surface area (TPSA) is 97.6 Å². The summed E-state index contributed by atoms with van der Waals surface area (Å²) in [6.07, 6.45) is 3.58. The van der Waals surface area contributed by atoms with Crippen LogP contribution >= 0.6 is 11.3 Å². The lowest BCUT2D eigenvalue weighted by molar-refractivity contribution is 0.358. The Bertz CT molecular complexity index is 1330. The fourth-order valence-electron chi connectivity index (χ4n) is 3.50. The molecule has 0 fully saturated rings. The zero-order valence-corrected chi connectivity index (χ0v) is 17.5. The number of ether oxygens (including phenoxy) is 1. The second-order valence-corrected chi connectivity index (χ2v) is 7.89. The van der Waals surface area contributed by atoms with Gasteiger partial charge in [-0.15, -0.1) is 11.3 Å². The monoisotopic (exact) mass is 429 g/mol. The van der Waals surface area contributed by atoms with Crippen LogP contribution in [-0.4, -0.2) is 45.8 Å². The van der Waals surface area contributed by atoms with Crippen LogP contribution in [0.3, 0.4) is 0 Å². The van der Waals surface area contributed by atoms with Gasteiger partial charge in [-0.25, -0.2) is 9.99 Å². The number of nitrogens with zero attached hydrogens (tertiary/aromatic N) is 3. The van der Waals surface area contributed by atoms with Crippen molar-refractivity contribution in [2.45, 2.75) is 0 Å². The molecule has 0 unspecified atom stereocenters. The van der Waals surface area contributed by atoms with E-state index in [1.165, 1.54) is 16.3 Å². The average Bonchev–Trinajstić information content (AvgIpc) is 3.50. The number of thiazole rings is 1. The van der Waals surface area contributed by atoms with E-state index in [-0.39, 0.29) is 18.1 Å². The van der Waals surface area contributed by atoms with Gasteiger partial charge in [0, 0.05) is 33.6 Å². The first-order valence-electron chi connectivity index (χ1n) is 9.63. The summed E-state index contributed by atoms with van der Waals surface area (Å²) in [5.41, 5.74) is 4.10. The number of nitrogens with one attached hydrogen (secondary N) is 2. The molecular formula is C23H19N5O2S. The number of aliphatic hydroxyl groups is 1. The number of amidine groups is 1. The maximum absolute atomic E-state index is 10.5. The van der Waals surface area contributed by atoms with Crippen LogP contribution in [0.1, 0.15) is 10.6 Å². The van der Waals surface area contributed by atoms with Gasteiger partial charge in [-0.3, -0.25) is 5.41 Å². The Balaban J connectivity index is 1.37. The number of hydrazone groups is 1. The van der Waals surface area contributed by atoms with Crippen molar-refractivity contribution < 1.29 is 9.84 Å². The molecule has 8 heteroatoms. The quantitative estimate of drug-likeness (QED) is 0.393. The Morgan fingerprint density at radius 1 is 1.23 bits per heavy atom. The van der Waals surface area contributed by atoms with E-state index in [1.807, 2.05) is 60.1 Å². The molecule has 0 saturated heterocycles. The molecular weight excluding hydrogens is 410 g/mol. The van der Waals surface area contributed by atoms with Gasteiger partial charge in [0.05, 0.1) is 24.6 Å². The van der Waals surface area contributed by atoms with Gasteiger partial charge < -0.3 is 14.8 Å². The highest BCUT2D eigenvalue weighted by Crippen LogP contribution is 2.32. The van der Waals surface area contributed by atoms with E-state index >= 15 is 0 Å². The van der Waals surface area contributed by atoms with Crippen molar-refractivity contribution in [1.29, 1.82) is 5.41 Å². The number of aromatic nitrogens is 2. The van der Waals surface area contributed by atoms with E-state index in [4.69, 9.17) is 10.1 Å². The molecule has 0 amide bonds. The molecule has 1 aliphatic heterocycles. The van der Waals surface area contributed by atoms with Crippen molar-refractivity contribution >= 4 is 39.9 Å². The molecule has 0 saturated carbocycles. The van der Waals surface area contributed by atoms with Crippen molar-refractivity contribution in [2.75, 3.05) is 13.7 Å². The van der Waals surface area contributed by atoms with Gasteiger partial charge in [-0.1, -0.05) is 18.2 Å². The lowest BCUT2D eigenvalue weighted by Gasteiger charge is -2.10. The third-order valence-corrected chi connectivity index (χ3v) is 6.00. The third-order valence-electron chi connectivity index (χ3n) is 5.14. The number of hydrogen-bond acceptors (Lipinski definition) is 6. The Morgan fingerprint density at radius 2 is 2.03 bits per heavy atom. The van der Waals surface area contributed by atoms with Gasteiger partial charge in [0.2, 0.25) is 0 Å². The first-order chi connectivity index (χ1) is 15.1. The highest BCUT2D eigenvalue weighted by Gasteiger charge is 2.30. The summed E-state index contributed by atoms with van der Waals surface area (Å²) in [5, 5.41) is 28.5. The first-order valence-corrected chi connectivity index (χ1v) is 10.5. The molecule has 0 radical (unpaired) electrons. The minimum absolute atomic E-state index is 0.0942. The molecule has 2 aromatic heterocycles. The number of methoxy groups -OCH3 is 1. The summed E-state index contributed by atoms with van der Waals surface area (Å²) in [4.78, 5) is 7.84. The molecule has 154 valence electrons. The summed E-state index contributed by atoms with van der Waals surface area (Å²) in [6.45, 7) is 0.143. The minimum atomic E-state index is 0.0942. The first kappa shape index (κ1) is 19.1. The van der Waals surface area contributed by atoms with Crippen molar-refractivity contribution in [2.24, 2.45) is 5.10 Å². The summed E-state index contributed by atoms with van der Waals surface area (Å²) in [6, 6.07) is 15.6. The van der Waals surface area contributed by atoms with Crippen LogP contribution < -0.4 is 4.74 Å². The number of benzene rings is 2. The van der Waals surface area contributed by atoms with Gasteiger partial charge in [0.15, 0.2) is 5.84 Å². The summed E-state index contributed by atoms with van der Waals surface area (Å²) < 4.78 is 5.20. The van der Waals surface area contributed by atoms with E-state index in [2.05, 4.69) is 15.1 Å². The van der Waals surface area contributed by atoms with Crippen LogP contribution in [0.15, 0.2) is 71.0 Å². The second kappa shape index (κ2) is 7.73. The van der Waals surface area contributed by atoms with Crippen molar-refractivity contribution in [3.05, 3.63) is 76.4 Å². The number of aliphatic hydroxyl groups excluding tert-OH is 1. The van der Waals surface area contributed by atoms with Crippen molar-refractivity contribution in [3.63, 3.8) is 0 Å². The number of fused-ring (bicyclic) bond motifs is 1. The fourth-order valence-corrected chi connectivity index (χ4v) is 4.40. The predicted octanol–water partition coefficient (Wildman–Crippen LogP) is 4.90. The largest absolute Gasteiger partial charge is 0.509 e. The average molecular weight is 430 g/mol. The molecule has 0 atom stereocenters. The second-order valence-electron chi connectivity index (χ2n) is 7.03. The molecule has 7 nitrogen and oxygen atoms in total. The molecule has 3 heterocycles. The van der Waals surface area contributed by atoms with Crippen LogP contribution in [-0.2, 0) is 0 Å². The molecule has 2 aromatic carbocycles. The smallest absolute Gasteiger partial charge is 0.155 e. The lowest BCUT2D eigenvalue weighted by Crippen LogP contribution is -2.20. The number of H-pyrrole nitrogens is 1. The van der Waals surface area contributed by atoms with E-state index < -0.39 is 0 Å². The zero-order valence-electron chi connectivity index (χ0n) is 16.7. The molecule has 0 spiro atoms. The van der Waals surface area contributed by atoms with Gasteiger partial charge >= 0.3 is 0 Å². The van der Waals surface area contributed by atoms with Gasteiger partial charge in [-0.2, -0.15) is 5.10 Å². The van der Waals surface area contributed by atoms with Gasteiger partial charge in [0.1, 0.15) is 23.1 Å². The van der Waals surface area contributed by atoms with Crippen LogP contribution in [0.5, 0.6) is 5.75 Å². The zero-order chi connectivity index (χ0) is 21.4. The molecule has 31 heavy (non-hydrogen) atoms. The Labute approximate surface area is 182 Å². The van der Waals surface area contributed by atoms with Crippen LogP contribution in [0, 0.1) is 5.41 Å². The Hall–Kier alpha value is -3.91. The van der Waals surface area contributed by atoms with E-state index in [0.717, 1.165) is 33.5 Å². The van der Waals surface area contributed by atoms with E-state index in [0.29, 0.717) is 10.6 Å². The maximum atomic E-state index is 10.5. The SMILES string of the molecule is COc1ccc(-c2csc(C3=C(O)CN(/N=C\c4c[nH]c5ccccc45)C3=N)n2)cc1. The number of hydrogen-bond donors (Lipinski definition) is 3. The van der Waals surface area contributed by atoms with Crippen LogP contribution in [0.25, 0.3) is 27.7 Å².